The Kier molecular flexibility index (Phi) is 12.6. The number of aromatic nitrogens is 1. The van der Waals surface area contributed by atoms with Crippen LogP contribution in [0.25, 0.3) is 10.9 Å². The van der Waals surface area contributed by atoms with E-state index < -0.39 is 24.3 Å². The van der Waals surface area contributed by atoms with Crippen LogP contribution >= 0.6 is 0 Å². The monoisotopic (exact) mass is 631 g/mol. The van der Waals surface area contributed by atoms with Crippen molar-refractivity contribution < 1.29 is 55.7 Å². The van der Waals surface area contributed by atoms with Gasteiger partial charge in [0, 0.05) is 49.0 Å². The Morgan fingerprint density at radius 3 is 2.11 bits per heavy atom. The fraction of sp³-hybridized carbons (Fsp3) is 0.296. The average Bonchev–Trinajstić information content (AvgIpc) is 2.97. The molecule has 0 radical (unpaired) electrons. The minimum Gasteiger partial charge on any atom is -0.475 e. The number of hydrogen-bond donors (Lipinski definition) is 6. The van der Waals surface area contributed by atoms with Crippen LogP contribution in [0.3, 0.4) is 0 Å². The molecule has 2 aromatic carbocycles. The van der Waals surface area contributed by atoms with Crippen molar-refractivity contribution in [2.45, 2.75) is 31.9 Å². The number of fused-ring (bicyclic) bond motifs is 1. The zero-order chi connectivity index (χ0) is 33.1. The molecule has 2 amide bonds. The van der Waals surface area contributed by atoms with E-state index in [0.29, 0.717) is 24.3 Å². The van der Waals surface area contributed by atoms with Crippen molar-refractivity contribution >= 4 is 40.3 Å². The van der Waals surface area contributed by atoms with Crippen LogP contribution in [0.5, 0.6) is 0 Å². The molecule has 11 nitrogen and oxygen atoms in total. The first-order valence-corrected chi connectivity index (χ1v) is 12.6. The number of rotatable bonds is 5. The summed E-state index contributed by atoms with van der Waals surface area (Å²) in [4.78, 5) is 47.4. The molecule has 1 aromatic heterocycles. The third kappa shape index (κ3) is 11.1. The SMILES string of the molecule is Cc1ccc(NC(=O)C2CNCCN2)cc1C(=O)NCc1ccnc2ccccc12.O=C(O)C(F)(F)F.O=C(O)C(F)(F)F. The van der Waals surface area contributed by atoms with Gasteiger partial charge in [-0.1, -0.05) is 24.3 Å². The van der Waals surface area contributed by atoms with Gasteiger partial charge in [-0.25, -0.2) is 9.59 Å². The van der Waals surface area contributed by atoms with Gasteiger partial charge >= 0.3 is 24.3 Å². The lowest BCUT2D eigenvalue weighted by molar-refractivity contribution is -0.193. The van der Waals surface area contributed by atoms with Crippen LogP contribution < -0.4 is 21.3 Å². The summed E-state index contributed by atoms with van der Waals surface area (Å²) in [5.74, 6) is -5.80. The molecule has 1 aliphatic heterocycles. The second kappa shape index (κ2) is 15.6. The Morgan fingerprint density at radius 2 is 1.55 bits per heavy atom. The number of alkyl halides is 6. The topological polar surface area (TPSA) is 170 Å². The van der Waals surface area contributed by atoms with Crippen LogP contribution in [-0.4, -0.2) is 77.0 Å². The second-order valence-corrected chi connectivity index (χ2v) is 9.01. The highest BCUT2D eigenvalue weighted by atomic mass is 19.4. The predicted octanol–water partition coefficient (Wildman–Crippen LogP) is 3.24. The van der Waals surface area contributed by atoms with E-state index in [-0.39, 0.29) is 17.9 Å². The third-order valence-electron chi connectivity index (χ3n) is 5.77. The molecule has 3 aromatic rings. The number of hydrogen-bond acceptors (Lipinski definition) is 7. The number of aryl methyl sites for hydroxylation is 1. The number of amides is 2. The highest BCUT2D eigenvalue weighted by Gasteiger charge is 2.38. The van der Waals surface area contributed by atoms with Crippen molar-refractivity contribution in [2.75, 3.05) is 25.0 Å². The lowest BCUT2D eigenvalue weighted by atomic mass is 10.1. The summed E-state index contributed by atoms with van der Waals surface area (Å²) >= 11 is 0. The molecule has 0 aliphatic carbocycles. The van der Waals surface area contributed by atoms with E-state index in [9.17, 15) is 35.9 Å². The fourth-order valence-corrected chi connectivity index (χ4v) is 3.59. The molecule has 0 spiro atoms. The van der Waals surface area contributed by atoms with Crippen molar-refractivity contribution in [2.24, 2.45) is 0 Å². The quantitative estimate of drug-likeness (QED) is 0.232. The van der Waals surface area contributed by atoms with Crippen molar-refractivity contribution in [1.29, 1.82) is 0 Å². The first kappa shape index (κ1) is 35.4. The lowest BCUT2D eigenvalue weighted by Gasteiger charge is -2.23. The molecule has 6 N–H and O–H groups in total. The number of pyridine rings is 1. The van der Waals surface area contributed by atoms with Crippen molar-refractivity contribution in [3.63, 3.8) is 0 Å². The fourth-order valence-electron chi connectivity index (χ4n) is 3.59. The molecule has 1 unspecified atom stereocenters. The maximum atomic E-state index is 12.9. The van der Waals surface area contributed by atoms with Gasteiger partial charge in [-0.05, 0) is 42.3 Å². The second-order valence-electron chi connectivity index (χ2n) is 9.01. The Balaban J connectivity index is 0.000000402. The van der Waals surface area contributed by atoms with Gasteiger partial charge in [0.15, 0.2) is 0 Å². The number of anilines is 1. The van der Waals surface area contributed by atoms with Crippen molar-refractivity contribution in [3.8, 4) is 0 Å². The molecule has 44 heavy (non-hydrogen) atoms. The van der Waals surface area contributed by atoms with Crippen LogP contribution in [-0.2, 0) is 20.9 Å². The van der Waals surface area contributed by atoms with Gasteiger partial charge in [0.25, 0.3) is 5.91 Å². The summed E-state index contributed by atoms with van der Waals surface area (Å²) in [5, 5.41) is 27.5. The van der Waals surface area contributed by atoms with Crippen LogP contribution in [0.2, 0.25) is 0 Å². The van der Waals surface area contributed by atoms with Gasteiger partial charge in [0.05, 0.1) is 11.6 Å². The molecule has 4 rings (SSSR count). The number of piperazine rings is 1. The van der Waals surface area contributed by atoms with E-state index in [1.54, 1.807) is 12.3 Å². The molecular weight excluding hydrogens is 604 g/mol. The standard InChI is InChI=1S/C23H25N5O2.2C2HF3O2/c1-15-6-7-17(28-23(30)21-14-24-10-11-26-21)12-19(15)22(29)27-13-16-8-9-25-20-5-3-2-4-18(16)20;2*3-2(4,5)1(6)7/h2-9,12,21,24,26H,10-11,13-14H2,1H3,(H,27,29)(H,28,30);2*(H,6,7). The van der Waals surface area contributed by atoms with Gasteiger partial charge in [0.2, 0.25) is 5.91 Å². The van der Waals surface area contributed by atoms with Gasteiger partial charge in [0.1, 0.15) is 0 Å². The molecule has 1 aliphatic rings. The first-order valence-electron chi connectivity index (χ1n) is 12.6. The Bertz CT molecular complexity index is 1450. The Hall–Kier alpha value is -4.77. The molecule has 1 fully saturated rings. The average molecular weight is 632 g/mol. The minimum atomic E-state index is -5.08. The summed E-state index contributed by atoms with van der Waals surface area (Å²) < 4.78 is 63.5. The van der Waals surface area contributed by atoms with Crippen molar-refractivity contribution in [1.82, 2.24) is 20.9 Å². The Morgan fingerprint density at radius 1 is 0.932 bits per heavy atom. The molecular formula is C27H27F6N5O6. The number of nitrogens with one attached hydrogen (secondary N) is 4. The number of carboxylic acids is 2. The normalized spacial score (nSPS) is 14.7. The zero-order valence-corrected chi connectivity index (χ0v) is 22.8. The molecule has 0 bridgehead atoms. The number of carbonyl (C=O) groups excluding carboxylic acids is 2. The molecule has 2 heterocycles. The molecule has 17 heteroatoms. The van der Waals surface area contributed by atoms with Gasteiger partial charge in [-0.2, -0.15) is 26.3 Å². The third-order valence-corrected chi connectivity index (χ3v) is 5.77. The van der Waals surface area contributed by atoms with Crippen molar-refractivity contribution in [3.05, 3.63) is 71.4 Å². The van der Waals surface area contributed by atoms with Crippen LogP contribution in [0.1, 0.15) is 21.5 Å². The maximum Gasteiger partial charge on any atom is 0.490 e. The zero-order valence-electron chi connectivity index (χ0n) is 22.8. The Labute approximate surface area is 245 Å². The molecule has 0 saturated carbocycles. The number of para-hydroxylation sites is 1. The molecule has 238 valence electrons. The highest BCUT2D eigenvalue weighted by Crippen LogP contribution is 2.19. The smallest absolute Gasteiger partial charge is 0.475 e. The number of halogens is 6. The summed E-state index contributed by atoms with van der Waals surface area (Å²) in [5.41, 5.74) is 3.91. The maximum absolute atomic E-state index is 12.9. The summed E-state index contributed by atoms with van der Waals surface area (Å²) in [6, 6.07) is 14.9. The van der Waals surface area contributed by atoms with E-state index >= 15 is 0 Å². The van der Waals surface area contributed by atoms with E-state index in [1.807, 2.05) is 49.4 Å². The minimum absolute atomic E-state index is 0.110. The van der Waals surface area contributed by atoms with Crippen LogP contribution in [0, 0.1) is 6.92 Å². The first-order chi connectivity index (χ1) is 20.5. The number of carbonyl (C=O) groups is 4. The van der Waals surface area contributed by atoms with Crippen LogP contribution in [0.4, 0.5) is 32.0 Å². The lowest BCUT2D eigenvalue weighted by Crippen LogP contribution is -2.54. The van der Waals surface area contributed by atoms with Gasteiger partial charge in [-0.15, -0.1) is 0 Å². The van der Waals surface area contributed by atoms with Gasteiger partial charge in [-0.3, -0.25) is 14.6 Å². The number of benzene rings is 2. The number of aliphatic carboxylic acids is 2. The molecule has 1 atom stereocenters. The van der Waals surface area contributed by atoms with E-state index in [4.69, 9.17) is 19.8 Å². The van der Waals surface area contributed by atoms with E-state index in [0.717, 1.165) is 35.1 Å². The highest BCUT2D eigenvalue weighted by molar-refractivity contribution is 5.99. The summed E-state index contributed by atoms with van der Waals surface area (Å²) in [6.45, 7) is 4.48. The number of nitrogens with zero attached hydrogens (tertiary/aromatic N) is 1. The van der Waals surface area contributed by atoms with E-state index in [1.165, 1.54) is 0 Å². The predicted molar refractivity (Wildman–Crippen MR) is 145 cm³/mol. The summed E-state index contributed by atoms with van der Waals surface area (Å²) in [7, 11) is 0. The summed E-state index contributed by atoms with van der Waals surface area (Å²) in [6.07, 6.45) is -8.42. The number of carboxylic acid groups (broad SMARTS) is 2. The largest absolute Gasteiger partial charge is 0.490 e. The van der Waals surface area contributed by atoms with E-state index in [2.05, 4.69) is 26.3 Å². The van der Waals surface area contributed by atoms with Crippen LogP contribution in [0.15, 0.2) is 54.7 Å². The molecule has 1 saturated heterocycles. The van der Waals surface area contributed by atoms with Gasteiger partial charge < -0.3 is 31.5 Å².